The van der Waals surface area contributed by atoms with Gasteiger partial charge in [0.2, 0.25) is 0 Å². The number of hydrazine groups is 1. The number of nitrogens with zero attached hydrogens (tertiary/aromatic N) is 1. The first-order chi connectivity index (χ1) is 11.8. The van der Waals surface area contributed by atoms with Crippen molar-refractivity contribution in [3.63, 3.8) is 0 Å². The fourth-order valence-electron chi connectivity index (χ4n) is 2.80. The Morgan fingerprint density at radius 2 is 2.00 bits per heavy atom. The van der Waals surface area contributed by atoms with Crippen molar-refractivity contribution < 1.29 is 9.47 Å². The molecular weight excluding hydrogens is 302 g/mol. The summed E-state index contributed by atoms with van der Waals surface area (Å²) >= 11 is 0. The van der Waals surface area contributed by atoms with Crippen molar-refractivity contribution in [1.82, 2.24) is 0 Å². The Labute approximate surface area is 142 Å². The number of hydrogen-bond acceptors (Lipinski definition) is 5. The van der Waals surface area contributed by atoms with Crippen LogP contribution in [0.2, 0.25) is 0 Å². The summed E-state index contributed by atoms with van der Waals surface area (Å²) in [5.41, 5.74) is 7.32. The Morgan fingerprint density at radius 1 is 1.21 bits per heavy atom. The van der Waals surface area contributed by atoms with Crippen molar-refractivity contribution in [2.75, 3.05) is 30.0 Å². The normalized spacial score (nSPS) is 12.2. The minimum absolute atomic E-state index is 0.658. The number of allylic oxidation sites excluding steroid dienone is 1. The molecule has 0 aromatic heterocycles. The molecule has 1 heterocycles. The monoisotopic (exact) mass is 323 g/mol. The van der Waals surface area contributed by atoms with Gasteiger partial charge >= 0.3 is 0 Å². The summed E-state index contributed by atoms with van der Waals surface area (Å²) in [6.45, 7) is 3.87. The molecule has 0 radical (unpaired) electrons. The summed E-state index contributed by atoms with van der Waals surface area (Å²) in [5.74, 6) is 1.41. The molecule has 1 aliphatic heterocycles. The van der Waals surface area contributed by atoms with Gasteiger partial charge in [-0.1, -0.05) is 24.3 Å². The molecule has 0 atom stereocenters. The van der Waals surface area contributed by atoms with Crippen molar-refractivity contribution in [3.05, 3.63) is 67.0 Å². The second-order valence-corrected chi connectivity index (χ2v) is 5.29. The molecule has 3 rings (SSSR count). The zero-order valence-corrected chi connectivity index (χ0v) is 13.9. The van der Waals surface area contributed by atoms with Crippen LogP contribution in [0.3, 0.4) is 0 Å². The Balaban J connectivity index is 2.10. The van der Waals surface area contributed by atoms with Crippen molar-refractivity contribution in [2.24, 2.45) is 0 Å². The van der Waals surface area contributed by atoms with Gasteiger partial charge in [0.25, 0.3) is 0 Å². The van der Waals surface area contributed by atoms with Crippen LogP contribution in [-0.2, 0) is 6.42 Å². The average Bonchev–Trinajstić information content (AvgIpc) is 2.62. The van der Waals surface area contributed by atoms with E-state index in [4.69, 9.17) is 9.47 Å². The van der Waals surface area contributed by atoms with E-state index in [1.807, 2.05) is 59.9 Å². The van der Waals surface area contributed by atoms with Crippen molar-refractivity contribution in [1.29, 1.82) is 0 Å². The van der Waals surface area contributed by atoms with Crippen molar-refractivity contribution >= 4 is 17.1 Å². The molecule has 5 heteroatoms. The number of hydrogen-bond donors (Lipinski definition) is 2. The van der Waals surface area contributed by atoms with Gasteiger partial charge in [-0.2, -0.15) is 0 Å². The largest absolute Gasteiger partial charge is 0.493 e. The number of nitrogens with one attached hydrogen (secondary N) is 2. The molecule has 0 amide bonds. The summed E-state index contributed by atoms with van der Waals surface area (Å²) in [5, 5.41) is 5.25. The van der Waals surface area contributed by atoms with Crippen LogP contribution in [0.25, 0.3) is 0 Å². The lowest BCUT2D eigenvalue weighted by Gasteiger charge is -2.31. The molecule has 124 valence electrons. The fraction of sp³-hybridized carbons (Fsp3) is 0.158. The third kappa shape index (κ3) is 2.88. The van der Waals surface area contributed by atoms with Crippen LogP contribution in [-0.4, -0.2) is 14.2 Å². The van der Waals surface area contributed by atoms with Gasteiger partial charge in [-0.15, -0.1) is 6.58 Å². The summed E-state index contributed by atoms with van der Waals surface area (Å²) in [6.07, 6.45) is 6.33. The molecule has 1 aliphatic rings. The van der Waals surface area contributed by atoms with E-state index in [1.54, 1.807) is 14.2 Å². The highest BCUT2D eigenvalue weighted by atomic mass is 16.5. The predicted molar refractivity (Wildman–Crippen MR) is 98.8 cm³/mol. The lowest BCUT2D eigenvalue weighted by atomic mass is 10.0. The van der Waals surface area contributed by atoms with Crippen LogP contribution in [0.4, 0.5) is 17.1 Å². The Kier molecular flexibility index (Phi) is 4.61. The maximum absolute atomic E-state index is 5.61. The van der Waals surface area contributed by atoms with Gasteiger partial charge in [-0.3, -0.25) is 10.4 Å². The SMILES string of the molecule is C=CCc1c(OC)c(OC)cc2c1N(Nc1ccccc1)C=CN2. The van der Waals surface area contributed by atoms with E-state index < -0.39 is 0 Å². The second-order valence-electron chi connectivity index (χ2n) is 5.29. The standard InChI is InChI=1S/C19H21N3O2/c1-4-8-15-18-16(13-17(23-2)19(15)24-3)20-11-12-22(18)21-14-9-6-5-7-10-14/h4-7,9-13,20-21H,1,8H2,2-3H3. The molecule has 0 saturated carbocycles. The lowest BCUT2D eigenvalue weighted by Crippen LogP contribution is -2.28. The van der Waals surface area contributed by atoms with Crippen molar-refractivity contribution in [2.45, 2.75) is 6.42 Å². The molecule has 0 fully saturated rings. The molecule has 0 spiro atoms. The Hall–Kier alpha value is -3.08. The second kappa shape index (κ2) is 7.00. The summed E-state index contributed by atoms with van der Waals surface area (Å²) in [6, 6.07) is 11.9. The molecule has 0 bridgehead atoms. The van der Waals surface area contributed by atoms with E-state index in [0.29, 0.717) is 17.9 Å². The van der Waals surface area contributed by atoms with E-state index >= 15 is 0 Å². The molecule has 5 nitrogen and oxygen atoms in total. The molecule has 0 saturated heterocycles. The molecule has 2 aromatic carbocycles. The van der Waals surface area contributed by atoms with Gasteiger partial charge in [-0.05, 0) is 18.6 Å². The lowest BCUT2D eigenvalue weighted by molar-refractivity contribution is 0.352. The van der Waals surface area contributed by atoms with Gasteiger partial charge in [-0.25, -0.2) is 0 Å². The first kappa shape index (κ1) is 15.8. The minimum atomic E-state index is 0.658. The van der Waals surface area contributed by atoms with Gasteiger partial charge < -0.3 is 14.8 Å². The third-order valence-electron chi connectivity index (χ3n) is 3.81. The molecule has 2 N–H and O–H groups in total. The van der Waals surface area contributed by atoms with Crippen LogP contribution in [0.5, 0.6) is 11.5 Å². The number of benzene rings is 2. The number of anilines is 3. The number of fused-ring (bicyclic) bond motifs is 1. The molecule has 0 aliphatic carbocycles. The Morgan fingerprint density at radius 3 is 2.67 bits per heavy atom. The summed E-state index contributed by atoms with van der Waals surface area (Å²) in [4.78, 5) is 0. The highest BCUT2D eigenvalue weighted by Crippen LogP contribution is 2.45. The van der Waals surface area contributed by atoms with Crippen LogP contribution >= 0.6 is 0 Å². The van der Waals surface area contributed by atoms with Crippen molar-refractivity contribution in [3.8, 4) is 11.5 Å². The maximum Gasteiger partial charge on any atom is 0.166 e. The fourth-order valence-corrected chi connectivity index (χ4v) is 2.80. The first-order valence-electron chi connectivity index (χ1n) is 7.71. The van der Waals surface area contributed by atoms with E-state index in [-0.39, 0.29) is 0 Å². The third-order valence-corrected chi connectivity index (χ3v) is 3.81. The van der Waals surface area contributed by atoms with E-state index in [2.05, 4.69) is 17.3 Å². The molecular formula is C19H21N3O2. The van der Waals surface area contributed by atoms with Crippen LogP contribution in [0.1, 0.15) is 5.56 Å². The van der Waals surface area contributed by atoms with Gasteiger partial charge in [0.15, 0.2) is 11.5 Å². The van der Waals surface area contributed by atoms with Crippen LogP contribution in [0, 0.1) is 0 Å². The van der Waals surface area contributed by atoms with Crippen LogP contribution < -0.4 is 25.2 Å². The van der Waals surface area contributed by atoms with Gasteiger partial charge in [0.1, 0.15) is 0 Å². The summed E-state index contributed by atoms with van der Waals surface area (Å²) in [7, 11) is 3.29. The highest BCUT2D eigenvalue weighted by Gasteiger charge is 2.24. The van der Waals surface area contributed by atoms with E-state index in [9.17, 15) is 0 Å². The Bertz CT molecular complexity index is 757. The average molecular weight is 323 g/mol. The number of methoxy groups -OCH3 is 2. The van der Waals surface area contributed by atoms with Crippen LogP contribution in [0.15, 0.2) is 61.5 Å². The summed E-state index contributed by atoms with van der Waals surface area (Å²) < 4.78 is 11.1. The molecule has 0 unspecified atom stereocenters. The number of para-hydroxylation sites is 1. The zero-order valence-electron chi connectivity index (χ0n) is 13.9. The quantitative estimate of drug-likeness (QED) is 0.782. The molecule has 2 aromatic rings. The first-order valence-corrected chi connectivity index (χ1v) is 7.71. The van der Waals surface area contributed by atoms with Gasteiger partial charge in [0.05, 0.1) is 31.3 Å². The maximum atomic E-state index is 5.61. The number of ether oxygens (including phenoxy) is 2. The van der Waals surface area contributed by atoms with Gasteiger partial charge in [0, 0.05) is 24.0 Å². The topological polar surface area (TPSA) is 45.8 Å². The zero-order chi connectivity index (χ0) is 16.9. The minimum Gasteiger partial charge on any atom is -0.493 e. The van der Waals surface area contributed by atoms with E-state index in [1.165, 1.54) is 0 Å². The predicted octanol–water partition coefficient (Wildman–Crippen LogP) is 4.16. The smallest absolute Gasteiger partial charge is 0.166 e. The molecule has 24 heavy (non-hydrogen) atoms. The van der Waals surface area contributed by atoms with E-state index in [0.717, 1.165) is 22.6 Å². The highest BCUT2D eigenvalue weighted by molar-refractivity contribution is 5.84. The number of rotatable bonds is 6.